The van der Waals surface area contributed by atoms with E-state index in [1.54, 1.807) is 0 Å². The number of rotatable bonds is 3. The van der Waals surface area contributed by atoms with Crippen LogP contribution in [0.4, 0.5) is 30.7 Å². The van der Waals surface area contributed by atoms with E-state index in [0.29, 0.717) is 12.1 Å². The summed E-state index contributed by atoms with van der Waals surface area (Å²) in [7, 11) is 0. The minimum atomic E-state index is -4.95. The molecule has 118 valence electrons. The molecule has 1 aromatic carbocycles. The second-order valence-electron chi connectivity index (χ2n) is 4.54. The highest BCUT2D eigenvalue weighted by atomic mass is 19.4. The van der Waals surface area contributed by atoms with Crippen LogP contribution in [0, 0.1) is 0 Å². The van der Waals surface area contributed by atoms with Gasteiger partial charge >= 0.3 is 6.18 Å². The molecule has 0 aromatic heterocycles. The molecule has 1 unspecified atom stereocenters. The minimum Gasteiger partial charge on any atom is -0.487 e. The average molecular weight is 318 g/mol. The fourth-order valence-corrected chi connectivity index (χ4v) is 2.22. The van der Waals surface area contributed by atoms with Crippen LogP contribution in [0.3, 0.4) is 0 Å². The summed E-state index contributed by atoms with van der Waals surface area (Å²) >= 11 is 0. The first-order valence-electron chi connectivity index (χ1n) is 5.74. The Morgan fingerprint density at radius 2 is 1.90 bits per heavy atom. The Labute approximate surface area is 114 Å². The number of aliphatic hydroxyl groups is 1. The molecule has 0 aliphatic heterocycles. The molecule has 1 N–H and O–H groups in total. The van der Waals surface area contributed by atoms with E-state index in [9.17, 15) is 35.8 Å². The number of hydrogen-bond acceptors (Lipinski definition) is 2. The highest BCUT2D eigenvalue weighted by Crippen LogP contribution is 2.51. The molecule has 21 heavy (non-hydrogen) atoms. The van der Waals surface area contributed by atoms with Gasteiger partial charge in [0, 0.05) is 17.5 Å². The molecular weight excluding hydrogens is 309 g/mol. The van der Waals surface area contributed by atoms with E-state index in [1.165, 1.54) is 0 Å². The van der Waals surface area contributed by atoms with Crippen molar-refractivity contribution in [3.63, 3.8) is 0 Å². The summed E-state index contributed by atoms with van der Waals surface area (Å²) in [6.45, 7) is -1.14. The van der Waals surface area contributed by atoms with Crippen LogP contribution in [0.1, 0.15) is 22.8 Å². The molecule has 0 fully saturated rings. The van der Waals surface area contributed by atoms with Crippen LogP contribution < -0.4 is 4.74 Å². The van der Waals surface area contributed by atoms with Crippen LogP contribution in [0.5, 0.6) is 5.75 Å². The molecule has 9 heteroatoms. The summed E-state index contributed by atoms with van der Waals surface area (Å²) in [4.78, 5) is 0. The normalized spacial score (nSPS) is 20.7. The third-order valence-electron chi connectivity index (χ3n) is 3.07. The van der Waals surface area contributed by atoms with Crippen LogP contribution in [0.2, 0.25) is 0 Å². The third-order valence-corrected chi connectivity index (χ3v) is 3.07. The molecule has 1 atom stereocenters. The number of ether oxygens (including phenoxy) is 1. The van der Waals surface area contributed by atoms with Gasteiger partial charge in [0.1, 0.15) is 18.5 Å². The van der Waals surface area contributed by atoms with Gasteiger partial charge in [-0.25, -0.2) is 17.6 Å². The minimum absolute atomic E-state index is 0.435. The average Bonchev–Trinajstić information content (AvgIpc) is 2.57. The van der Waals surface area contributed by atoms with Gasteiger partial charge in [-0.15, -0.1) is 0 Å². The zero-order valence-electron chi connectivity index (χ0n) is 10.2. The zero-order chi connectivity index (χ0) is 16.0. The summed E-state index contributed by atoms with van der Waals surface area (Å²) in [6, 6.07) is 1.14. The first-order chi connectivity index (χ1) is 9.54. The number of aliphatic hydroxyl groups excluding tert-OH is 1. The van der Waals surface area contributed by atoms with Gasteiger partial charge in [0.15, 0.2) is 0 Å². The first kappa shape index (κ1) is 15.9. The second kappa shape index (κ2) is 5.04. The highest BCUT2D eigenvalue weighted by molar-refractivity contribution is 5.52. The monoisotopic (exact) mass is 318 g/mol. The molecule has 2 rings (SSSR count). The lowest BCUT2D eigenvalue weighted by molar-refractivity contribution is -0.142. The Kier molecular flexibility index (Phi) is 3.81. The SMILES string of the molecule is OC1c2c(C(F)(F)F)ccc(OCC(F)F)c2CC1(F)F. The molecule has 1 aliphatic rings. The lowest BCUT2D eigenvalue weighted by Crippen LogP contribution is -2.23. The smallest absolute Gasteiger partial charge is 0.416 e. The summed E-state index contributed by atoms with van der Waals surface area (Å²) in [5, 5.41) is 9.40. The summed E-state index contributed by atoms with van der Waals surface area (Å²) in [5.41, 5.74) is -3.03. The van der Waals surface area contributed by atoms with Gasteiger partial charge < -0.3 is 9.84 Å². The summed E-state index contributed by atoms with van der Waals surface area (Å²) in [6.07, 6.45) is -11.7. The van der Waals surface area contributed by atoms with E-state index in [1.807, 2.05) is 0 Å². The maximum absolute atomic E-state index is 13.5. The van der Waals surface area contributed by atoms with Crippen molar-refractivity contribution < 1.29 is 40.6 Å². The Hall–Kier alpha value is -1.51. The van der Waals surface area contributed by atoms with Gasteiger partial charge in [-0.3, -0.25) is 0 Å². The van der Waals surface area contributed by atoms with Gasteiger partial charge in [-0.1, -0.05) is 0 Å². The van der Waals surface area contributed by atoms with Gasteiger partial charge in [-0.2, -0.15) is 13.2 Å². The van der Waals surface area contributed by atoms with Gasteiger partial charge in [0.25, 0.3) is 12.3 Å². The zero-order valence-corrected chi connectivity index (χ0v) is 10.2. The molecule has 0 radical (unpaired) electrons. The van der Waals surface area contributed by atoms with Crippen LogP contribution in [0.25, 0.3) is 0 Å². The number of hydrogen-bond donors (Lipinski definition) is 1. The lowest BCUT2D eigenvalue weighted by Gasteiger charge is -2.18. The Balaban J connectivity index is 2.52. The van der Waals surface area contributed by atoms with Crippen LogP contribution in [-0.4, -0.2) is 24.1 Å². The summed E-state index contributed by atoms with van der Waals surface area (Å²) < 4.78 is 94.0. The predicted molar refractivity (Wildman–Crippen MR) is 56.6 cm³/mol. The Morgan fingerprint density at radius 1 is 1.29 bits per heavy atom. The molecular formula is C12H9F7O2. The molecule has 0 saturated heterocycles. The largest absolute Gasteiger partial charge is 0.487 e. The molecule has 0 spiro atoms. The maximum Gasteiger partial charge on any atom is 0.416 e. The molecule has 1 aliphatic carbocycles. The molecule has 0 bridgehead atoms. The van der Waals surface area contributed by atoms with Crippen molar-refractivity contribution in [3.8, 4) is 5.75 Å². The summed E-state index contributed by atoms with van der Waals surface area (Å²) in [5.74, 6) is -4.32. The number of halogens is 7. The highest BCUT2D eigenvalue weighted by Gasteiger charge is 2.52. The van der Waals surface area contributed by atoms with Crippen LogP contribution in [0.15, 0.2) is 12.1 Å². The quantitative estimate of drug-likeness (QED) is 0.863. The van der Waals surface area contributed by atoms with Crippen molar-refractivity contribution in [1.82, 2.24) is 0 Å². The van der Waals surface area contributed by atoms with Crippen molar-refractivity contribution >= 4 is 0 Å². The number of fused-ring (bicyclic) bond motifs is 1. The molecule has 2 nitrogen and oxygen atoms in total. The van der Waals surface area contributed by atoms with E-state index in [-0.39, 0.29) is 0 Å². The Morgan fingerprint density at radius 3 is 2.43 bits per heavy atom. The molecule has 0 heterocycles. The maximum atomic E-state index is 13.5. The second-order valence-corrected chi connectivity index (χ2v) is 4.54. The third kappa shape index (κ3) is 2.92. The number of benzene rings is 1. The van der Waals surface area contributed by atoms with E-state index in [4.69, 9.17) is 0 Å². The molecule has 0 saturated carbocycles. The van der Waals surface area contributed by atoms with Gasteiger partial charge in [0.2, 0.25) is 0 Å². The van der Waals surface area contributed by atoms with E-state index in [2.05, 4.69) is 4.74 Å². The van der Waals surface area contributed by atoms with Crippen molar-refractivity contribution in [2.45, 2.75) is 31.0 Å². The predicted octanol–water partition coefficient (Wildman–Crippen LogP) is 3.57. The standard InChI is InChI=1S/C12H9F7O2/c13-8(14)4-21-7-2-1-6(12(17,18)19)9-5(7)3-11(15,16)10(9)20/h1-2,8,10,20H,3-4H2. The van der Waals surface area contributed by atoms with E-state index >= 15 is 0 Å². The van der Waals surface area contributed by atoms with Crippen molar-refractivity contribution in [2.24, 2.45) is 0 Å². The topological polar surface area (TPSA) is 29.5 Å². The van der Waals surface area contributed by atoms with Crippen molar-refractivity contribution in [2.75, 3.05) is 6.61 Å². The fraction of sp³-hybridized carbons (Fsp3) is 0.500. The van der Waals surface area contributed by atoms with Crippen molar-refractivity contribution in [3.05, 3.63) is 28.8 Å². The number of alkyl halides is 7. The first-order valence-corrected chi connectivity index (χ1v) is 5.74. The Bertz CT molecular complexity index is 539. The van der Waals surface area contributed by atoms with Crippen LogP contribution in [-0.2, 0) is 12.6 Å². The van der Waals surface area contributed by atoms with Crippen molar-refractivity contribution in [1.29, 1.82) is 0 Å². The van der Waals surface area contributed by atoms with E-state index in [0.717, 1.165) is 0 Å². The lowest BCUT2D eigenvalue weighted by atomic mass is 10.0. The molecule has 0 amide bonds. The fourth-order valence-electron chi connectivity index (χ4n) is 2.22. The van der Waals surface area contributed by atoms with Crippen LogP contribution >= 0.6 is 0 Å². The van der Waals surface area contributed by atoms with Gasteiger partial charge in [-0.05, 0) is 12.1 Å². The van der Waals surface area contributed by atoms with Gasteiger partial charge in [0.05, 0.1) is 5.56 Å². The molecule has 1 aromatic rings. The van der Waals surface area contributed by atoms with E-state index < -0.39 is 60.1 Å².